The number of methoxy groups -OCH3 is 1. The Morgan fingerprint density at radius 2 is 1.94 bits per heavy atom. The quantitative estimate of drug-likeness (QED) is 0.515. The Hall–Kier alpha value is -2.92. The molecule has 164 valence electrons. The fraction of sp³-hybridized carbons (Fsp3) is 0.350. The second-order valence-electron chi connectivity index (χ2n) is 6.75. The van der Waals surface area contributed by atoms with Crippen LogP contribution in [0.15, 0.2) is 29.4 Å². The van der Waals surface area contributed by atoms with Crippen LogP contribution in [0.2, 0.25) is 0 Å². The van der Waals surface area contributed by atoms with E-state index in [2.05, 4.69) is 20.5 Å². The minimum atomic E-state index is -0.223. The molecule has 2 heterocycles. The molecule has 3 rings (SSSR count). The normalized spacial score (nSPS) is 10.7. The van der Waals surface area contributed by atoms with E-state index in [-0.39, 0.29) is 17.6 Å². The maximum absolute atomic E-state index is 12.4. The maximum Gasteiger partial charge on any atom is 0.265 e. The van der Waals surface area contributed by atoms with Crippen LogP contribution in [-0.2, 0) is 11.3 Å². The van der Waals surface area contributed by atoms with Crippen molar-refractivity contribution in [3.05, 3.63) is 34.8 Å². The number of hydrogen-bond donors (Lipinski definition) is 1. The van der Waals surface area contributed by atoms with E-state index in [1.54, 1.807) is 28.1 Å². The van der Waals surface area contributed by atoms with Crippen molar-refractivity contribution in [1.29, 1.82) is 0 Å². The summed E-state index contributed by atoms with van der Waals surface area (Å²) in [6.07, 6.45) is 0. The molecule has 0 aliphatic rings. The molecule has 0 aliphatic carbocycles. The number of benzene rings is 1. The van der Waals surface area contributed by atoms with Gasteiger partial charge in [-0.3, -0.25) is 9.59 Å². The molecule has 0 bridgehead atoms. The van der Waals surface area contributed by atoms with Crippen molar-refractivity contribution in [2.24, 2.45) is 0 Å². The standard InChI is InChI=1S/C20H24N6O3S2/c1-6-26-17(13-7-9-14(29-5)10-8-13)23-24-20(26)30-11-15(27)22-19-21-12(2)16(31-19)18(28)25(3)4/h7-10H,6,11H2,1-5H3,(H,21,22,27). The molecule has 0 fully saturated rings. The van der Waals surface area contributed by atoms with E-state index in [4.69, 9.17) is 4.74 Å². The molecule has 0 aliphatic heterocycles. The topological polar surface area (TPSA) is 102 Å². The first-order chi connectivity index (χ1) is 14.8. The van der Waals surface area contributed by atoms with Crippen LogP contribution in [0.1, 0.15) is 22.3 Å². The van der Waals surface area contributed by atoms with Crippen LogP contribution >= 0.6 is 23.1 Å². The first-order valence-electron chi connectivity index (χ1n) is 9.53. The molecule has 2 aromatic heterocycles. The largest absolute Gasteiger partial charge is 0.497 e. The van der Waals surface area contributed by atoms with Gasteiger partial charge in [-0.05, 0) is 38.1 Å². The van der Waals surface area contributed by atoms with Gasteiger partial charge in [-0.1, -0.05) is 23.1 Å². The third-order valence-electron chi connectivity index (χ3n) is 4.36. The Labute approximate surface area is 188 Å². The van der Waals surface area contributed by atoms with Crippen molar-refractivity contribution in [2.75, 3.05) is 32.3 Å². The lowest BCUT2D eigenvalue weighted by Crippen LogP contribution is -2.21. The van der Waals surface area contributed by atoms with E-state index >= 15 is 0 Å². The predicted molar refractivity (Wildman–Crippen MR) is 122 cm³/mol. The molecule has 1 N–H and O–H groups in total. The zero-order chi connectivity index (χ0) is 22.5. The summed E-state index contributed by atoms with van der Waals surface area (Å²) in [5.74, 6) is 1.29. The summed E-state index contributed by atoms with van der Waals surface area (Å²) in [5.41, 5.74) is 1.52. The lowest BCUT2D eigenvalue weighted by molar-refractivity contribution is -0.113. The van der Waals surface area contributed by atoms with E-state index in [0.29, 0.717) is 27.4 Å². The number of carbonyl (C=O) groups excluding carboxylic acids is 2. The van der Waals surface area contributed by atoms with E-state index in [1.165, 1.54) is 28.0 Å². The summed E-state index contributed by atoms with van der Waals surface area (Å²) in [6.45, 7) is 4.42. The van der Waals surface area contributed by atoms with Crippen LogP contribution in [0, 0.1) is 6.92 Å². The first-order valence-corrected chi connectivity index (χ1v) is 11.3. The van der Waals surface area contributed by atoms with Crippen molar-refractivity contribution in [2.45, 2.75) is 25.5 Å². The minimum absolute atomic E-state index is 0.132. The highest BCUT2D eigenvalue weighted by atomic mass is 32.2. The highest BCUT2D eigenvalue weighted by Crippen LogP contribution is 2.27. The molecule has 9 nitrogen and oxygen atoms in total. The molecule has 0 unspecified atom stereocenters. The number of nitrogens with one attached hydrogen (secondary N) is 1. The number of rotatable bonds is 8. The molecule has 0 saturated carbocycles. The monoisotopic (exact) mass is 460 g/mol. The number of hydrogen-bond acceptors (Lipinski definition) is 8. The van der Waals surface area contributed by atoms with Crippen LogP contribution in [0.5, 0.6) is 5.75 Å². The number of aryl methyl sites for hydroxylation is 1. The van der Waals surface area contributed by atoms with Crippen molar-refractivity contribution in [3.63, 3.8) is 0 Å². The number of carbonyl (C=O) groups is 2. The maximum atomic E-state index is 12.4. The molecule has 0 spiro atoms. The Morgan fingerprint density at radius 1 is 1.23 bits per heavy atom. The summed E-state index contributed by atoms with van der Waals surface area (Å²) in [7, 11) is 4.98. The van der Waals surface area contributed by atoms with Gasteiger partial charge in [0.15, 0.2) is 16.1 Å². The van der Waals surface area contributed by atoms with Crippen molar-refractivity contribution in [1.82, 2.24) is 24.6 Å². The third-order valence-corrected chi connectivity index (χ3v) is 6.38. The smallest absolute Gasteiger partial charge is 0.265 e. The summed E-state index contributed by atoms with van der Waals surface area (Å²) in [6, 6.07) is 7.59. The fourth-order valence-electron chi connectivity index (χ4n) is 2.77. The Morgan fingerprint density at radius 3 is 2.55 bits per heavy atom. The van der Waals surface area contributed by atoms with Crippen molar-refractivity contribution in [3.8, 4) is 17.1 Å². The molecular weight excluding hydrogens is 436 g/mol. The summed E-state index contributed by atoms with van der Waals surface area (Å²) < 4.78 is 7.16. The second-order valence-corrected chi connectivity index (χ2v) is 8.69. The van der Waals surface area contributed by atoms with Gasteiger partial charge in [-0.2, -0.15) is 0 Å². The molecule has 2 amide bonds. The first kappa shape index (κ1) is 22.8. The van der Waals surface area contributed by atoms with Crippen LogP contribution in [0.25, 0.3) is 11.4 Å². The van der Waals surface area contributed by atoms with Gasteiger partial charge in [-0.15, -0.1) is 10.2 Å². The SMILES string of the molecule is CCn1c(SCC(=O)Nc2nc(C)c(C(=O)N(C)C)s2)nnc1-c1ccc(OC)cc1. The zero-order valence-corrected chi connectivity index (χ0v) is 19.6. The second kappa shape index (κ2) is 9.92. The number of amides is 2. The van der Waals surface area contributed by atoms with E-state index in [1.807, 2.05) is 35.8 Å². The van der Waals surface area contributed by atoms with E-state index in [0.717, 1.165) is 17.1 Å². The predicted octanol–water partition coefficient (Wildman–Crippen LogP) is 3.17. The highest BCUT2D eigenvalue weighted by molar-refractivity contribution is 7.99. The molecule has 31 heavy (non-hydrogen) atoms. The van der Waals surface area contributed by atoms with Gasteiger partial charge in [0.1, 0.15) is 10.6 Å². The van der Waals surface area contributed by atoms with Gasteiger partial charge in [0.2, 0.25) is 5.91 Å². The van der Waals surface area contributed by atoms with Crippen molar-refractivity contribution < 1.29 is 14.3 Å². The van der Waals surface area contributed by atoms with E-state index in [9.17, 15) is 9.59 Å². The van der Waals surface area contributed by atoms with Gasteiger partial charge >= 0.3 is 0 Å². The molecule has 0 radical (unpaired) electrons. The van der Waals surface area contributed by atoms with Gasteiger partial charge < -0.3 is 19.5 Å². The summed E-state index contributed by atoms with van der Waals surface area (Å²) in [4.78, 5) is 30.9. The lowest BCUT2D eigenvalue weighted by Gasteiger charge is -2.08. The molecular formula is C20H24N6O3S2. The molecule has 11 heteroatoms. The summed E-state index contributed by atoms with van der Waals surface area (Å²) in [5, 5.41) is 12.4. The molecule has 0 saturated heterocycles. The van der Waals surface area contributed by atoms with Gasteiger partial charge in [0.05, 0.1) is 18.6 Å². The van der Waals surface area contributed by atoms with E-state index < -0.39 is 0 Å². The Balaban J connectivity index is 1.66. The average Bonchev–Trinajstić information content (AvgIpc) is 3.34. The Kier molecular flexibility index (Phi) is 7.29. The van der Waals surface area contributed by atoms with Crippen LogP contribution < -0.4 is 10.1 Å². The number of thioether (sulfide) groups is 1. The Bertz CT molecular complexity index is 1080. The molecule has 1 aromatic carbocycles. The number of aromatic nitrogens is 4. The highest BCUT2D eigenvalue weighted by Gasteiger charge is 2.19. The number of ether oxygens (including phenoxy) is 1. The van der Waals surface area contributed by atoms with Gasteiger partial charge in [0.25, 0.3) is 5.91 Å². The van der Waals surface area contributed by atoms with Crippen molar-refractivity contribution >= 4 is 40.0 Å². The average molecular weight is 461 g/mol. The summed E-state index contributed by atoms with van der Waals surface area (Å²) >= 11 is 2.47. The third kappa shape index (κ3) is 5.23. The number of nitrogens with zero attached hydrogens (tertiary/aromatic N) is 5. The minimum Gasteiger partial charge on any atom is -0.497 e. The number of anilines is 1. The number of thiazole rings is 1. The molecule has 0 atom stereocenters. The van der Waals surface area contributed by atoms with Gasteiger partial charge in [0, 0.05) is 26.2 Å². The fourth-order valence-corrected chi connectivity index (χ4v) is 4.58. The lowest BCUT2D eigenvalue weighted by atomic mass is 10.2. The van der Waals surface area contributed by atoms with Gasteiger partial charge in [-0.25, -0.2) is 4.98 Å². The molecule has 3 aromatic rings. The van der Waals surface area contributed by atoms with Crippen LogP contribution in [0.4, 0.5) is 5.13 Å². The van der Waals surface area contributed by atoms with Crippen LogP contribution in [-0.4, -0.2) is 63.4 Å². The van der Waals surface area contributed by atoms with Crippen LogP contribution in [0.3, 0.4) is 0 Å². The zero-order valence-electron chi connectivity index (χ0n) is 18.0.